The molecule has 1 aromatic heterocycles. The number of oxime groups is 1. The maximum Gasteiger partial charge on any atom is 0.258 e. The Hall–Kier alpha value is -3.09. The van der Waals surface area contributed by atoms with Crippen LogP contribution in [0.1, 0.15) is 15.9 Å². The molecule has 0 atom stereocenters. The number of hydrogen-bond donors (Lipinski definition) is 4. The molecular weight excluding hydrogens is 258 g/mol. The first-order valence-electron chi connectivity index (χ1n) is 5.71. The van der Waals surface area contributed by atoms with Gasteiger partial charge in [0.05, 0.1) is 6.21 Å². The molecule has 0 saturated heterocycles. The molecule has 5 N–H and O–H groups in total. The lowest BCUT2D eigenvalue weighted by molar-refractivity contribution is 0.0976. The zero-order valence-corrected chi connectivity index (χ0v) is 10.4. The van der Waals surface area contributed by atoms with E-state index < -0.39 is 11.9 Å². The number of nitrogens with zero attached hydrogens (tertiary/aromatic N) is 2. The van der Waals surface area contributed by atoms with Crippen molar-refractivity contribution >= 4 is 18.1 Å². The molecule has 1 aromatic carbocycles. The number of benzene rings is 1. The van der Waals surface area contributed by atoms with Gasteiger partial charge in [0.15, 0.2) is 5.96 Å². The molecule has 0 unspecified atom stereocenters. The quantitative estimate of drug-likeness (QED) is 0.287. The number of carbonyl (C=O) groups excluding carboxylic acids is 1. The van der Waals surface area contributed by atoms with Crippen LogP contribution in [0.3, 0.4) is 0 Å². The fourth-order valence-corrected chi connectivity index (χ4v) is 1.76. The molecule has 0 aliphatic carbocycles. The van der Waals surface area contributed by atoms with Crippen molar-refractivity contribution in [2.45, 2.75) is 0 Å². The summed E-state index contributed by atoms with van der Waals surface area (Å²) < 4.78 is 1.80. The number of guanidine groups is 1. The fourth-order valence-electron chi connectivity index (χ4n) is 1.76. The summed E-state index contributed by atoms with van der Waals surface area (Å²) in [7, 11) is 0. The van der Waals surface area contributed by atoms with Crippen LogP contribution < -0.4 is 11.1 Å². The van der Waals surface area contributed by atoms with Crippen molar-refractivity contribution in [3.05, 3.63) is 53.9 Å². The molecule has 1 heterocycles. The van der Waals surface area contributed by atoms with E-state index in [9.17, 15) is 4.79 Å². The van der Waals surface area contributed by atoms with Gasteiger partial charge in [0.25, 0.3) is 5.91 Å². The third-order valence-corrected chi connectivity index (χ3v) is 2.56. The van der Waals surface area contributed by atoms with Crippen LogP contribution in [0.5, 0.6) is 0 Å². The molecule has 0 radical (unpaired) electrons. The van der Waals surface area contributed by atoms with Gasteiger partial charge >= 0.3 is 0 Å². The third kappa shape index (κ3) is 3.02. The molecule has 1 amide bonds. The van der Waals surface area contributed by atoms with E-state index in [1.165, 1.54) is 12.3 Å². The van der Waals surface area contributed by atoms with E-state index in [4.69, 9.17) is 16.4 Å². The topological polar surface area (TPSA) is 116 Å². The van der Waals surface area contributed by atoms with Gasteiger partial charge in [-0.1, -0.05) is 5.16 Å². The largest absolute Gasteiger partial charge is 0.411 e. The predicted octanol–water partition coefficient (Wildman–Crippen LogP) is 0.909. The summed E-state index contributed by atoms with van der Waals surface area (Å²) in [6.45, 7) is 0. The summed E-state index contributed by atoms with van der Waals surface area (Å²) in [5, 5.41) is 20.9. The van der Waals surface area contributed by atoms with Crippen molar-refractivity contribution in [2.24, 2.45) is 10.9 Å². The zero-order chi connectivity index (χ0) is 14.5. The Labute approximate surface area is 114 Å². The van der Waals surface area contributed by atoms with Gasteiger partial charge < -0.3 is 15.5 Å². The van der Waals surface area contributed by atoms with E-state index in [1.54, 1.807) is 16.7 Å². The Bertz CT molecular complexity index is 661. The number of amides is 1. The zero-order valence-electron chi connectivity index (χ0n) is 10.4. The molecule has 2 rings (SSSR count). The van der Waals surface area contributed by atoms with Crippen molar-refractivity contribution in [3.8, 4) is 5.69 Å². The van der Waals surface area contributed by atoms with Crippen LogP contribution in [0.2, 0.25) is 0 Å². The van der Waals surface area contributed by atoms with E-state index in [0.717, 1.165) is 5.69 Å². The first-order valence-corrected chi connectivity index (χ1v) is 5.71. The molecular formula is C13H13N5O2. The normalized spacial score (nSPS) is 10.6. The molecule has 102 valence electrons. The molecule has 0 aliphatic heterocycles. The molecule has 0 bridgehead atoms. The maximum atomic E-state index is 11.9. The van der Waals surface area contributed by atoms with Crippen molar-refractivity contribution in [1.82, 2.24) is 9.88 Å². The van der Waals surface area contributed by atoms with Gasteiger partial charge in [0, 0.05) is 23.6 Å². The van der Waals surface area contributed by atoms with E-state index in [2.05, 4.69) is 10.5 Å². The highest BCUT2D eigenvalue weighted by Crippen LogP contribution is 2.14. The van der Waals surface area contributed by atoms with Crippen molar-refractivity contribution in [3.63, 3.8) is 0 Å². The molecule has 2 aromatic rings. The first kappa shape index (κ1) is 13.3. The average molecular weight is 271 g/mol. The van der Waals surface area contributed by atoms with E-state index in [1.807, 2.05) is 24.5 Å². The lowest BCUT2D eigenvalue weighted by Gasteiger charge is -2.08. The second kappa shape index (κ2) is 5.70. The minimum atomic E-state index is -0.501. The molecule has 7 nitrogen and oxygen atoms in total. The Morgan fingerprint density at radius 1 is 1.35 bits per heavy atom. The van der Waals surface area contributed by atoms with Crippen LogP contribution in [-0.2, 0) is 0 Å². The number of carbonyl (C=O) groups is 1. The van der Waals surface area contributed by atoms with Crippen molar-refractivity contribution in [1.29, 1.82) is 5.41 Å². The van der Waals surface area contributed by atoms with Gasteiger partial charge in [-0.2, -0.15) is 0 Å². The van der Waals surface area contributed by atoms with Gasteiger partial charge in [-0.15, -0.1) is 0 Å². The average Bonchev–Trinajstić information content (AvgIpc) is 2.92. The van der Waals surface area contributed by atoms with Crippen molar-refractivity contribution in [2.75, 3.05) is 0 Å². The lowest BCUT2D eigenvalue weighted by Crippen LogP contribution is -2.35. The van der Waals surface area contributed by atoms with Crippen LogP contribution in [0.4, 0.5) is 0 Å². The van der Waals surface area contributed by atoms with Crippen LogP contribution in [0.15, 0.2) is 47.9 Å². The number of aromatic nitrogens is 1. The Kier molecular flexibility index (Phi) is 3.80. The summed E-state index contributed by atoms with van der Waals surface area (Å²) in [4.78, 5) is 11.9. The van der Waals surface area contributed by atoms with Gasteiger partial charge in [-0.05, 0) is 35.9 Å². The maximum absolute atomic E-state index is 11.9. The van der Waals surface area contributed by atoms with E-state index >= 15 is 0 Å². The van der Waals surface area contributed by atoms with Crippen molar-refractivity contribution < 1.29 is 10.0 Å². The summed E-state index contributed by atoms with van der Waals surface area (Å²) in [5.41, 5.74) is 6.72. The Morgan fingerprint density at radius 3 is 2.65 bits per heavy atom. The number of nitrogens with two attached hydrogens (primary N) is 1. The highest BCUT2D eigenvalue weighted by Gasteiger charge is 2.09. The summed E-state index contributed by atoms with van der Waals surface area (Å²) in [6, 6.07) is 8.63. The minimum Gasteiger partial charge on any atom is -0.411 e. The second-order valence-electron chi connectivity index (χ2n) is 4.02. The third-order valence-electron chi connectivity index (χ3n) is 2.56. The summed E-state index contributed by atoms with van der Waals surface area (Å²) >= 11 is 0. The van der Waals surface area contributed by atoms with Gasteiger partial charge in [-0.3, -0.25) is 15.5 Å². The van der Waals surface area contributed by atoms with Crippen LogP contribution in [0, 0.1) is 5.41 Å². The fraction of sp³-hybridized carbons (Fsp3) is 0. The Morgan fingerprint density at radius 2 is 2.05 bits per heavy atom. The summed E-state index contributed by atoms with van der Waals surface area (Å²) in [6.07, 6.45) is 4.86. The smallest absolute Gasteiger partial charge is 0.258 e. The molecule has 0 fully saturated rings. The molecule has 0 aliphatic rings. The van der Waals surface area contributed by atoms with E-state index in [-0.39, 0.29) is 0 Å². The molecule has 7 heteroatoms. The molecule has 0 saturated carbocycles. The Balaban J connectivity index is 2.46. The van der Waals surface area contributed by atoms with Gasteiger partial charge in [0.1, 0.15) is 0 Å². The number of rotatable bonds is 3. The summed E-state index contributed by atoms with van der Waals surface area (Å²) in [5.74, 6) is -0.933. The van der Waals surface area contributed by atoms with Gasteiger partial charge in [0.2, 0.25) is 0 Å². The highest BCUT2D eigenvalue weighted by atomic mass is 16.4. The highest BCUT2D eigenvalue weighted by molar-refractivity contribution is 6.05. The van der Waals surface area contributed by atoms with Crippen LogP contribution in [-0.4, -0.2) is 27.9 Å². The molecule has 20 heavy (non-hydrogen) atoms. The predicted molar refractivity (Wildman–Crippen MR) is 74.5 cm³/mol. The number of hydrogen-bond acceptors (Lipinski definition) is 4. The first-order chi connectivity index (χ1) is 9.60. The molecule has 0 spiro atoms. The lowest BCUT2D eigenvalue weighted by atomic mass is 10.1. The van der Waals surface area contributed by atoms with Gasteiger partial charge in [-0.25, -0.2) is 0 Å². The minimum absolute atomic E-state index is 0.307. The standard InChI is InChI=1S/C13H13N5O2/c14-13(15)17-12(19)10-5-9(8-16-20)6-11(7-10)18-3-1-2-4-18/h1-8,20H,(H4,14,15,17,19). The van der Waals surface area contributed by atoms with Crippen LogP contribution in [0.25, 0.3) is 5.69 Å². The SMILES string of the molecule is N=C(N)NC(=O)c1cc(C=NO)cc(-n2cccc2)c1. The number of nitrogens with one attached hydrogen (secondary N) is 2. The van der Waals surface area contributed by atoms with Crippen LogP contribution >= 0.6 is 0 Å². The van der Waals surface area contributed by atoms with E-state index in [0.29, 0.717) is 11.1 Å². The second-order valence-corrected chi connectivity index (χ2v) is 4.02. The monoisotopic (exact) mass is 271 g/mol.